The van der Waals surface area contributed by atoms with Crippen molar-refractivity contribution >= 4 is 11.3 Å². The summed E-state index contributed by atoms with van der Waals surface area (Å²) in [7, 11) is 1.73. The molecule has 1 aliphatic rings. The monoisotopic (exact) mass is 298 g/mol. The number of rotatable bonds is 6. The highest BCUT2D eigenvalue weighted by atomic mass is 32.1. The molecule has 1 aromatic heterocycles. The van der Waals surface area contributed by atoms with E-state index in [4.69, 9.17) is 14.5 Å². The van der Waals surface area contributed by atoms with E-state index in [1.165, 1.54) is 10.6 Å². The van der Waals surface area contributed by atoms with E-state index in [1.807, 2.05) is 0 Å². The molecule has 1 N–H and O–H groups in total. The van der Waals surface area contributed by atoms with E-state index >= 15 is 0 Å². The van der Waals surface area contributed by atoms with Gasteiger partial charge in [-0.15, -0.1) is 11.3 Å². The number of hydrogen-bond acceptors (Lipinski definition) is 5. The summed E-state index contributed by atoms with van der Waals surface area (Å²) in [5.74, 6) is 0. The summed E-state index contributed by atoms with van der Waals surface area (Å²) in [5.41, 5.74) is 1.28. The summed E-state index contributed by atoms with van der Waals surface area (Å²) in [5, 5.41) is 4.57. The number of aromatic nitrogens is 1. The predicted molar refractivity (Wildman–Crippen MR) is 82.3 cm³/mol. The lowest BCUT2D eigenvalue weighted by molar-refractivity contribution is 0.111. The van der Waals surface area contributed by atoms with Crippen LogP contribution in [-0.4, -0.2) is 31.9 Å². The largest absolute Gasteiger partial charge is 0.383 e. The quantitative estimate of drug-likeness (QED) is 0.820. The van der Waals surface area contributed by atoms with Crippen LogP contribution in [0.15, 0.2) is 0 Å². The van der Waals surface area contributed by atoms with Crippen LogP contribution in [0.25, 0.3) is 0 Å². The molecule has 0 saturated carbocycles. The highest BCUT2D eigenvalue weighted by molar-refractivity contribution is 7.11. The Balaban J connectivity index is 2.10. The number of methoxy groups -OCH3 is 1. The molecule has 1 saturated heterocycles. The molecule has 1 unspecified atom stereocenters. The van der Waals surface area contributed by atoms with Crippen molar-refractivity contribution in [3.63, 3.8) is 0 Å². The molecule has 0 bridgehead atoms. The predicted octanol–water partition coefficient (Wildman–Crippen LogP) is 3.03. The van der Waals surface area contributed by atoms with Crippen molar-refractivity contribution in [2.24, 2.45) is 0 Å². The van der Waals surface area contributed by atoms with Crippen molar-refractivity contribution in [3.05, 3.63) is 15.6 Å². The summed E-state index contributed by atoms with van der Waals surface area (Å²) in [4.78, 5) is 6.22. The van der Waals surface area contributed by atoms with E-state index in [2.05, 4.69) is 26.1 Å². The van der Waals surface area contributed by atoms with Crippen molar-refractivity contribution < 1.29 is 9.47 Å². The zero-order valence-corrected chi connectivity index (χ0v) is 13.8. The Morgan fingerprint density at radius 3 is 2.85 bits per heavy atom. The van der Waals surface area contributed by atoms with Crippen LogP contribution in [-0.2, 0) is 21.4 Å². The molecule has 0 aromatic carbocycles. The van der Waals surface area contributed by atoms with Crippen molar-refractivity contribution in [3.8, 4) is 0 Å². The zero-order valence-electron chi connectivity index (χ0n) is 13.0. The average Bonchev–Trinajstić information content (AvgIpc) is 3.02. The number of nitrogens with one attached hydrogen (secondary N) is 1. The highest BCUT2D eigenvalue weighted by Gasteiger charge is 2.27. The van der Waals surface area contributed by atoms with Crippen LogP contribution in [0.4, 0.5) is 0 Å². The van der Waals surface area contributed by atoms with Gasteiger partial charge in [0.2, 0.25) is 0 Å². The van der Waals surface area contributed by atoms with Crippen LogP contribution in [0.3, 0.4) is 0 Å². The van der Waals surface area contributed by atoms with Crippen molar-refractivity contribution in [1.29, 1.82) is 0 Å². The Labute approximate surface area is 125 Å². The van der Waals surface area contributed by atoms with Gasteiger partial charge in [0.15, 0.2) is 0 Å². The van der Waals surface area contributed by atoms with Gasteiger partial charge < -0.3 is 14.8 Å². The van der Waals surface area contributed by atoms with E-state index in [0.29, 0.717) is 0 Å². The number of ether oxygens (including phenoxy) is 2. The number of thiazole rings is 1. The highest BCUT2D eigenvalue weighted by Crippen LogP contribution is 2.36. The Morgan fingerprint density at radius 1 is 1.45 bits per heavy atom. The fourth-order valence-corrected chi connectivity index (χ4v) is 3.69. The van der Waals surface area contributed by atoms with Gasteiger partial charge in [-0.05, 0) is 12.8 Å². The third-order valence-corrected chi connectivity index (χ3v) is 4.55. The first-order valence-electron chi connectivity index (χ1n) is 7.33. The number of hydrogen-bond donors (Lipinski definition) is 1. The fraction of sp³-hybridized carbons (Fsp3) is 0.800. The SMILES string of the molecule is COCCNCc1sc(C2CCCO2)nc1C(C)(C)C. The van der Waals surface area contributed by atoms with Crippen LogP contribution >= 0.6 is 11.3 Å². The van der Waals surface area contributed by atoms with Gasteiger partial charge >= 0.3 is 0 Å². The van der Waals surface area contributed by atoms with Crippen molar-refractivity contribution in [1.82, 2.24) is 10.3 Å². The Kier molecular flexibility index (Phi) is 5.55. The Morgan fingerprint density at radius 2 is 2.25 bits per heavy atom. The van der Waals surface area contributed by atoms with Gasteiger partial charge in [-0.1, -0.05) is 20.8 Å². The first-order valence-corrected chi connectivity index (χ1v) is 8.15. The molecule has 0 aliphatic carbocycles. The first-order chi connectivity index (χ1) is 9.52. The maximum Gasteiger partial charge on any atom is 0.122 e. The second kappa shape index (κ2) is 6.98. The van der Waals surface area contributed by atoms with Crippen LogP contribution in [0.1, 0.15) is 55.3 Å². The fourth-order valence-electron chi connectivity index (χ4n) is 2.36. The molecule has 114 valence electrons. The minimum absolute atomic E-state index is 0.0750. The lowest BCUT2D eigenvalue weighted by atomic mass is 9.91. The third-order valence-electron chi connectivity index (χ3n) is 3.40. The van der Waals surface area contributed by atoms with E-state index in [9.17, 15) is 0 Å². The molecule has 1 aliphatic heterocycles. The van der Waals surface area contributed by atoms with Crippen LogP contribution in [0.2, 0.25) is 0 Å². The Hall–Kier alpha value is -0.490. The summed E-state index contributed by atoms with van der Waals surface area (Å²) in [6, 6.07) is 0. The summed E-state index contributed by atoms with van der Waals surface area (Å²) in [6.45, 7) is 10.0. The van der Waals surface area contributed by atoms with E-state index in [1.54, 1.807) is 18.4 Å². The molecule has 2 heterocycles. The van der Waals surface area contributed by atoms with Gasteiger partial charge in [-0.25, -0.2) is 4.98 Å². The Bertz CT molecular complexity index is 420. The molecular formula is C15H26N2O2S. The molecule has 2 rings (SSSR count). The topological polar surface area (TPSA) is 43.4 Å². The number of nitrogens with zero attached hydrogens (tertiary/aromatic N) is 1. The van der Waals surface area contributed by atoms with Gasteiger partial charge in [0.25, 0.3) is 0 Å². The van der Waals surface area contributed by atoms with E-state index < -0.39 is 0 Å². The lowest BCUT2D eigenvalue weighted by Gasteiger charge is -2.18. The standard InChI is InChI=1S/C15H26N2O2S/c1-15(2,3)13-12(10-16-7-9-18-4)20-14(17-13)11-6-5-8-19-11/h11,16H,5-10H2,1-4H3. The van der Waals surface area contributed by atoms with Crippen LogP contribution in [0.5, 0.6) is 0 Å². The van der Waals surface area contributed by atoms with Crippen LogP contribution in [0, 0.1) is 0 Å². The first kappa shape index (κ1) is 15.9. The van der Waals surface area contributed by atoms with Crippen molar-refractivity contribution in [2.75, 3.05) is 26.9 Å². The molecule has 20 heavy (non-hydrogen) atoms. The maximum atomic E-state index is 5.77. The van der Waals surface area contributed by atoms with Gasteiger partial charge in [0, 0.05) is 37.1 Å². The molecule has 1 atom stereocenters. The summed E-state index contributed by atoms with van der Waals surface area (Å²) >= 11 is 1.80. The van der Waals surface area contributed by atoms with Gasteiger partial charge in [-0.2, -0.15) is 0 Å². The van der Waals surface area contributed by atoms with E-state index in [0.717, 1.165) is 44.2 Å². The summed E-state index contributed by atoms with van der Waals surface area (Å²) in [6.07, 6.45) is 2.47. The lowest BCUT2D eigenvalue weighted by Crippen LogP contribution is -2.21. The minimum Gasteiger partial charge on any atom is -0.383 e. The van der Waals surface area contributed by atoms with Crippen LogP contribution < -0.4 is 5.32 Å². The molecule has 0 radical (unpaired) electrons. The summed E-state index contributed by atoms with van der Waals surface area (Å²) < 4.78 is 10.8. The molecule has 4 nitrogen and oxygen atoms in total. The van der Waals surface area contributed by atoms with Gasteiger partial charge in [0.05, 0.1) is 12.3 Å². The third kappa shape index (κ3) is 4.01. The average molecular weight is 298 g/mol. The molecule has 1 fully saturated rings. The van der Waals surface area contributed by atoms with Gasteiger partial charge in [0.1, 0.15) is 11.1 Å². The smallest absolute Gasteiger partial charge is 0.122 e. The van der Waals surface area contributed by atoms with E-state index in [-0.39, 0.29) is 11.5 Å². The normalized spacial score (nSPS) is 19.7. The van der Waals surface area contributed by atoms with Crippen molar-refractivity contribution in [2.45, 2.75) is 51.7 Å². The second-order valence-electron chi connectivity index (χ2n) is 6.25. The minimum atomic E-state index is 0.0750. The molecule has 5 heteroatoms. The zero-order chi connectivity index (χ0) is 14.6. The molecular weight excluding hydrogens is 272 g/mol. The molecule has 0 spiro atoms. The second-order valence-corrected chi connectivity index (χ2v) is 7.36. The maximum absolute atomic E-state index is 5.77. The molecule has 1 aromatic rings. The molecule has 0 amide bonds. The van der Waals surface area contributed by atoms with Gasteiger partial charge in [-0.3, -0.25) is 0 Å².